The number of sulfonamides is 1. The molecule has 2 aromatic carbocycles. The Labute approximate surface area is 218 Å². The van der Waals surface area contributed by atoms with Gasteiger partial charge in [0.05, 0.1) is 43.0 Å². The Hall–Kier alpha value is -2.70. The Morgan fingerprint density at radius 2 is 1.86 bits per heavy atom. The number of aliphatic hydroxyl groups is 2. The van der Waals surface area contributed by atoms with Crippen LogP contribution in [0.5, 0.6) is 5.75 Å². The summed E-state index contributed by atoms with van der Waals surface area (Å²) in [6, 6.07) is 14.2. The summed E-state index contributed by atoms with van der Waals surface area (Å²) < 4.78 is 43.8. The number of ether oxygens (including phenoxy) is 3. The number of nitrogens with zero attached hydrogens (tertiary/aromatic N) is 1. The maximum absolute atomic E-state index is 13.5. The zero-order chi connectivity index (χ0) is 27.1. The van der Waals surface area contributed by atoms with Gasteiger partial charge in [-0.3, -0.25) is 0 Å². The molecule has 1 aliphatic heterocycles. The van der Waals surface area contributed by atoms with Gasteiger partial charge in [-0.2, -0.15) is 4.31 Å². The highest BCUT2D eigenvalue weighted by Crippen LogP contribution is 2.22. The molecule has 3 rings (SSSR count). The number of amides is 1. The number of carbonyl (C=O) groups excluding carboxylic acids is 1. The van der Waals surface area contributed by atoms with Gasteiger partial charge in [0.15, 0.2) is 0 Å². The second-order valence-electron chi connectivity index (χ2n) is 9.68. The standard InChI is InChI=1S/C26H36N2O8S/c1-26(2,31)18-28(37(32,33)22-11-9-20(34-3)10-12-22)16-24(29)23(15-19-7-5-4-6-8-19)27-25(30)36-21-13-14-35-17-21/h4-12,21,23-24,29,31H,13-18H2,1-3H3,(H,27,30)/t21-,23?,24-/m0/s1. The Balaban J connectivity index is 1.83. The molecule has 1 fully saturated rings. The predicted molar refractivity (Wildman–Crippen MR) is 137 cm³/mol. The molecule has 0 aromatic heterocycles. The van der Waals surface area contributed by atoms with E-state index in [9.17, 15) is 23.4 Å². The molecule has 0 aliphatic carbocycles. The van der Waals surface area contributed by atoms with E-state index in [1.54, 1.807) is 0 Å². The number of methoxy groups -OCH3 is 1. The van der Waals surface area contributed by atoms with E-state index in [2.05, 4.69) is 5.32 Å². The summed E-state index contributed by atoms with van der Waals surface area (Å²) in [6.07, 6.45) is -1.60. The molecule has 0 bridgehead atoms. The largest absolute Gasteiger partial charge is 0.497 e. The third-order valence-corrected chi connectivity index (χ3v) is 7.70. The van der Waals surface area contributed by atoms with Crippen LogP contribution >= 0.6 is 0 Å². The van der Waals surface area contributed by atoms with E-state index in [0.717, 1.165) is 9.87 Å². The van der Waals surface area contributed by atoms with E-state index in [4.69, 9.17) is 14.2 Å². The van der Waals surface area contributed by atoms with Crippen LogP contribution in [0.1, 0.15) is 25.8 Å². The molecule has 3 N–H and O–H groups in total. The molecule has 3 atom stereocenters. The predicted octanol–water partition coefficient (Wildman–Crippen LogP) is 1.94. The van der Waals surface area contributed by atoms with Crippen LogP contribution in [-0.4, -0.2) is 86.3 Å². The summed E-state index contributed by atoms with van der Waals surface area (Å²) in [5.74, 6) is 0.492. The molecule has 1 heterocycles. The lowest BCUT2D eigenvalue weighted by molar-refractivity contribution is 0.0367. The molecule has 0 radical (unpaired) electrons. The average molecular weight is 537 g/mol. The Kier molecular flexibility index (Phi) is 9.91. The van der Waals surface area contributed by atoms with Gasteiger partial charge in [0, 0.05) is 19.5 Å². The number of hydrogen-bond donors (Lipinski definition) is 3. The molecule has 204 valence electrons. The van der Waals surface area contributed by atoms with E-state index >= 15 is 0 Å². The molecular formula is C26H36N2O8S. The van der Waals surface area contributed by atoms with Gasteiger partial charge in [-0.1, -0.05) is 30.3 Å². The first-order valence-corrected chi connectivity index (χ1v) is 13.6. The minimum Gasteiger partial charge on any atom is -0.497 e. The number of aliphatic hydroxyl groups excluding tert-OH is 1. The van der Waals surface area contributed by atoms with Crippen molar-refractivity contribution in [2.24, 2.45) is 0 Å². The molecule has 11 heteroatoms. The molecule has 37 heavy (non-hydrogen) atoms. The van der Waals surface area contributed by atoms with Crippen LogP contribution < -0.4 is 10.1 Å². The van der Waals surface area contributed by atoms with Crippen molar-refractivity contribution in [2.45, 2.75) is 55.4 Å². The van der Waals surface area contributed by atoms with Crippen molar-refractivity contribution in [3.8, 4) is 5.75 Å². The fraction of sp³-hybridized carbons (Fsp3) is 0.500. The molecule has 0 saturated carbocycles. The smallest absolute Gasteiger partial charge is 0.407 e. The van der Waals surface area contributed by atoms with E-state index in [-0.39, 0.29) is 30.5 Å². The summed E-state index contributed by atoms with van der Waals surface area (Å²) in [6.45, 7) is 3.12. The maximum atomic E-state index is 13.5. The fourth-order valence-corrected chi connectivity index (χ4v) is 5.62. The summed E-state index contributed by atoms with van der Waals surface area (Å²) in [4.78, 5) is 12.6. The third kappa shape index (κ3) is 8.68. The highest BCUT2D eigenvalue weighted by atomic mass is 32.2. The normalized spacial score (nSPS) is 17.8. The first-order chi connectivity index (χ1) is 17.5. The zero-order valence-electron chi connectivity index (χ0n) is 21.4. The zero-order valence-corrected chi connectivity index (χ0v) is 22.2. The van der Waals surface area contributed by atoms with Gasteiger partial charge in [-0.15, -0.1) is 0 Å². The molecule has 0 spiro atoms. The number of nitrogens with one attached hydrogen (secondary N) is 1. The Morgan fingerprint density at radius 3 is 2.43 bits per heavy atom. The van der Waals surface area contributed by atoms with Crippen LogP contribution in [0.15, 0.2) is 59.5 Å². The van der Waals surface area contributed by atoms with Gasteiger partial charge in [0.1, 0.15) is 11.9 Å². The Bertz CT molecular complexity index is 1100. The summed E-state index contributed by atoms with van der Waals surface area (Å²) >= 11 is 0. The van der Waals surface area contributed by atoms with E-state index < -0.39 is 33.9 Å². The van der Waals surface area contributed by atoms with E-state index in [1.807, 2.05) is 30.3 Å². The molecule has 1 saturated heterocycles. The lowest BCUT2D eigenvalue weighted by atomic mass is 10.0. The minimum atomic E-state index is -4.11. The minimum absolute atomic E-state index is 0.0158. The van der Waals surface area contributed by atoms with Crippen LogP contribution in [-0.2, 0) is 25.9 Å². The topological polar surface area (TPSA) is 135 Å². The Morgan fingerprint density at radius 1 is 1.19 bits per heavy atom. The highest BCUT2D eigenvalue weighted by Gasteiger charge is 2.34. The summed E-state index contributed by atoms with van der Waals surface area (Å²) in [5, 5.41) is 24.4. The van der Waals surface area contributed by atoms with E-state index in [1.165, 1.54) is 45.2 Å². The maximum Gasteiger partial charge on any atom is 0.407 e. The first-order valence-electron chi connectivity index (χ1n) is 12.1. The number of rotatable bonds is 12. The van der Waals surface area contributed by atoms with E-state index in [0.29, 0.717) is 25.4 Å². The summed E-state index contributed by atoms with van der Waals surface area (Å²) in [5.41, 5.74) is -0.550. The van der Waals surface area contributed by atoms with Gasteiger partial charge in [0.2, 0.25) is 10.0 Å². The summed E-state index contributed by atoms with van der Waals surface area (Å²) in [7, 11) is -2.63. The number of alkyl carbamates (subject to hydrolysis) is 1. The molecule has 1 aliphatic rings. The number of hydrogen-bond acceptors (Lipinski definition) is 8. The van der Waals surface area contributed by atoms with Crippen molar-refractivity contribution in [2.75, 3.05) is 33.4 Å². The highest BCUT2D eigenvalue weighted by molar-refractivity contribution is 7.89. The quantitative estimate of drug-likeness (QED) is 0.375. The van der Waals surface area contributed by atoms with Crippen LogP contribution in [0.4, 0.5) is 4.79 Å². The monoisotopic (exact) mass is 536 g/mol. The van der Waals surface area contributed by atoms with Crippen molar-refractivity contribution in [1.29, 1.82) is 0 Å². The van der Waals surface area contributed by atoms with Crippen molar-refractivity contribution >= 4 is 16.1 Å². The SMILES string of the molecule is COc1ccc(S(=O)(=O)N(C[C@H](O)C(Cc2ccccc2)NC(=O)O[C@H]2CCOC2)CC(C)(C)O)cc1. The molecule has 1 unspecified atom stereocenters. The second-order valence-corrected chi connectivity index (χ2v) is 11.6. The lowest BCUT2D eigenvalue weighted by Gasteiger charge is -2.32. The number of benzene rings is 2. The number of carbonyl (C=O) groups is 1. The average Bonchev–Trinajstić information content (AvgIpc) is 3.36. The van der Waals surface area contributed by atoms with Gasteiger partial charge < -0.3 is 29.7 Å². The fourth-order valence-electron chi connectivity index (χ4n) is 4.01. The van der Waals surface area contributed by atoms with Crippen LogP contribution in [0.2, 0.25) is 0 Å². The lowest BCUT2D eigenvalue weighted by Crippen LogP contribution is -2.53. The van der Waals surface area contributed by atoms with Crippen molar-refractivity contribution in [1.82, 2.24) is 9.62 Å². The third-order valence-electron chi connectivity index (χ3n) is 5.88. The molecule has 10 nitrogen and oxygen atoms in total. The van der Waals surface area contributed by atoms with Crippen LogP contribution in [0.25, 0.3) is 0 Å². The first kappa shape index (κ1) is 28.9. The molecule has 2 aromatic rings. The van der Waals surface area contributed by atoms with Crippen molar-refractivity contribution < 1.29 is 37.6 Å². The van der Waals surface area contributed by atoms with Crippen LogP contribution in [0.3, 0.4) is 0 Å². The van der Waals surface area contributed by atoms with Gasteiger partial charge >= 0.3 is 6.09 Å². The second kappa shape index (κ2) is 12.7. The van der Waals surface area contributed by atoms with Gasteiger partial charge in [0.25, 0.3) is 0 Å². The van der Waals surface area contributed by atoms with Gasteiger partial charge in [-0.05, 0) is 50.1 Å². The van der Waals surface area contributed by atoms with Crippen molar-refractivity contribution in [3.63, 3.8) is 0 Å². The molecular weight excluding hydrogens is 500 g/mol. The molecule has 1 amide bonds. The van der Waals surface area contributed by atoms with Gasteiger partial charge in [-0.25, -0.2) is 13.2 Å². The van der Waals surface area contributed by atoms with Crippen molar-refractivity contribution in [3.05, 3.63) is 60.2 Å². The van der Waals surface area contributed by atoms with Crippen LogP contribution in [0, 0.1) is 0 Å².